The molecule has 1 N–H and O–H groups in total. The molecule has 0 aliphatic heterocycles. The molecule has 0 atom stereocenters. The lowest BCUT2D eigenvalue weighted by atomic mass is 10.1. The molecule has 3 rings (SSSR count). The van der Waals surface area contributed by atoms with Gasteiger partial charge in [-0.15, -0.1) is 30.6 Å². The monoisotopic (exact) mass is 638 g/mol. The topological polar surface area (TPSA) is 134 Å². The summed E-state index contributed by atoms with van der Waals surface area (Å²) < 4.78 is 96.9. The Kier molecular flexibility index (Phi) is 13.7. The normalized spacial score (nSPS) is 11.9. The maximum atomic E-state index is 13.2. The molecule has 44 heavy (non-hydrogen) atoms. The van der Waals surface area contributed by atoms with Gasteiger partial charge in [0.25, 0.3) is 17.8 Å². The van der Waals surface area contributed by atoms with Crippen LogP contribution in [-0.4, -0.2) is 62.6 Å². The molecule has 0 amide bonds. The molecule has 17 heteroatoms. The highest BCUT2D eigenvalue weighted by Gasteiger charge is 2.29. The van der Waals surface area contributed by atoms with E-state index >= 15 is 0 Å². The lowest BCUT2D eigenvalue weighted by molar-refractivity contribution is -0.0167. The second kappa shape index (κ2) is 15.7. The van der Waals surface area contributed by atoms with E-state index in [1.54, 1.807) is 0 Å². The number of aliphatic hydroxyl groups is 1. The van der Waals surface area contributed by atoms with Crippen molar-refractivity contribution in [2.45, 2.75) is 78.1 Å². The van der Waals surface area contributed by atoms with E-state index in [1.807, 2.05) is 20.8 Å². The van der Waals surface area contributed by atoms with Crippen LogP contribution in [0, 0.1) is 0 Å². The number of methoxy groups -OCH3 is 3. The van der Waals surface area contributed by atoms with Crippen molar-refractivity contribution >= 4 is 0 Å². The van der Waals surface area contributed by atoms with Gasteiger partial charge in [0.2, 0.25) is 17.6 Å². The predicted octanol–water partition coefficient (Wildman–Crippen LogP) is 5.60. The Morgan fingerprint density at radius 1 is 0.591 bits per heavy atom. The fraction of sp³-hybridized carbons (Fsp3) is 0.556. The summed E-state index contributed by atoms with van der Waals surface area (Å²) in [5.41, 5.74) is -0.956. The summed E-state index contributed by atoms with van der Waals surface area (Å²) >= 11 is 0. The molecule has 246 valence electrons. The minimum absolute atomic E-state index is 0.0560. The van der Waals surface area contributed by atoms with Crippen LogP contribution in [0.5, 0.6) is 17.6 Å². The van der Waals surface area contributed by atoms with E-state index < -0.39 is 35.8 Å². The maximum absolute atomic E-state index is 13.2. The van der Waals surface area contributed by atoms with Gasteiger partial charge in [-0.05, 0) is 39.0 Å². The van der Waals surface area contributed by atoms with E-state index in [0.29, 0.717) is 12.5 Å². The van der Waals surface area contributed by atoms with Crippen LogP contribution in [0.3, 0.4) is 0 Å². The molecule has 0 radical (unpaired) electrons. The fourth-order valence-corrected chi connectivity index (χ4v) is 2.79. The smallest absolute Gasteiger partial charge is 0.288 e. The molecule has 11 nitrogen and oxygen atoms in total. The van der Waals surface area contributed by atoms with Crippen LogP contribution in [-0.2, 0) is 35.7 Å². The molecule has 0 aliphatic rings. The number of rotatable bonds is 9. The van der Waals surface area contributed by atoms with Gasteiger partial charge in [0.1, 0.15) is 17.1 Å². The zero-order valence-corrected chi connectivity index (χ0v) is 25.8. The number of halogens is 6. The first-order valence-electron chi connectivity index (χ1n) is 12.7. The summed E-state index contributed by atoms with van der Waals surface area (Å²) in [6, 6.07) is 4.87. The molecule has 3 aromatic rings. The van der Waals surface area contributed by atoms with Crippen LogP contribution in [0.4, 0.5) is 26.3 Å². The average Bonchev–Trinajstić information content (AvgIpc) is 2.94. The molecule has 0 fully saturated rings. The van der Waals surface area contributed by atoms with Crippen LogP contribution >= 0.6 is 0 Å². The third-order valence-corrected chi connectivity index (χ3v) is 5.08. The zero-order valence-electron chi connectivity index (χ0n) is 25.8. The van der Waals surface area contributed by atoms with Crippen LogP contribution in [0.1, 0.15) is 69.8 Å². The largest absolute Gasteiger partial charge is 0.480 e. The summed E-state index contributed by atoms with van der Waals surface area (Å²) in [5, 5.41) is 29.3. The van der Waals surface area contributed by atoms with E-state index in [0.717, 1.165) is 19.9 Å². The Labute approximate surface area is 250 Å². The van der Waals surface area contributed by atoms with Gasteiger partial charge in [-0.2, -0.15) is 26.3 Å². The summed E-state index contributed by atoms with van der Waals surface area (Å²) in [5.74, 6) is -8.56. The molecule has 0 bridgehead atoms. The Balaban J connectivity index is 0.000000337. The van der Waals surface area contributed by atoms with Gasteiger partial charge < -0.3 is 24.1 Å². The molecule has 3 aromatic heterocycles. The molecule has 3 heterocycles. The number of aliphatic hydroxyl groups excluding tert-OH is 1. The second-order valence-corrected chi connectivity index (χ2v) is 10.2. The standard InChI is InChI=1S/C12H18F2N2O2.C8H10F2N2O2.C7H8F2N2O/c1-11(2,3)18-7-8-6-9(12(4,13)14)15-16-10(8)17-5;1-8(9,10)6-3-5(4-13)7(14-2)12-11-6;1-7(8,9)5-3-4-6(12-2)11-10-5/h6H,7H2,1-5H3;3,13H,4H2,1-2H3;3-4H,1-2H3. The van der Waals surface area contributed by atoms with E-state index in [9.17, 15) is 26.3 Å². The molecule has 0 unspecified atom stereocenters. The van der Waals surface area contributed by atoms with E-state index in [4.69, 9.17) is 19.3 Å². The lowest BCUT2D eigenvalue weighted by Gasteiger charge is -2.20. The Morgan fingerprint density at radius 2 is 1.02 bits per heavy atom. The predicted molar refractivity (Wildman–Crippen MR) is 145 cm³/mol. The molecule has 0 saturated carbocycles. The highest BCUT2D eigenvalue weighted by Crippen LogP contribution is 2.29. The van der Waals surface area contributed by atoms with Gasteiger partial charge in [0.05, 0.1) is 40.1 Å². The number of ether oxygens (including phenoxy) is 4. The molecule has 0 spiro atoms. The second-order valence-electron chi connectivity index (χ2n) is 10.2. The first-order valence-corrected chi connectivity index (χ1v) is 12.7. The first kappa shape index (κ1) is 38.2. The number of alkyl halides is 6. The van der Waals surface area contributed by atoms with Crippen molar-refractivity contribution in [2.24, 2.45) is 0 Å². The average molecular weight is 639 g/mol. The number of hydrogen-bond donors (Lipinski definition) is 1. The van der Waals surface area contributed by atoms with Crippen LogP contribution < -0.4 is 14.2 Å². The fourth-order valence-electron chi connectivity index (χ4n) is 2.79. The van der Waals surface area contributed by atoms with Crippen molar-refractivity contribution in [3.05, 3.63) is 52.5 Å². The first-order chi connectivity index (χ1) is 20.2. The van der Waals surface area contributed by atoms with E-state index in [1.165, 1.54) is 39.5 Å². The Morgan fingerprint density at radius 3 is 1.36 bits per heavy atom. The number of nitrogens with zero attached hydrogens (tertiary/aromatic N) is 6. The minimum Gasteiger partial charge on any atom is -0.480 e. The third kappa shape index (κ3) is 12.8. The van der Waals surface area contributed by atoms with Crippen molar-refractivity contribution in [2.75, 3.05) is 21.3 Å². The van der Waals surface area contributed by atoms with E-state index in [-0.39, 0.29) is 41.1 Å². The highest BCUT2D eigenvalue weighted by atomic mass is 19.3. The van der Waals surface area contributed by atoms with Crippen molar-refractivity contribution in [1.29, 1.82) is 0 Å². The van der Waals surface area contributed by atoms with Gasteiger partial charge in [-0.1, -0.05) is 0 Å². The Hall–Kier alpha value is -3.86. The summed E-state index contributed by atoms with van der Waals surface area (Å²) in [6.45, 7) is 7.62. The maximum Gasteiger partial charge on any atom is 0.288 e. The van der Waals surface area contributed by atoms with Gasteiger partial charge in [0.15, 0.2) is 0 Å². The van der Waals surface area contributed by atoms with Gasteiger partial charge >= 0.3 is 0 Å². The van der Waals surface area contributed by atoms with Crippen molar-refractivity contribution in [3.8, 4) is 17.6 Å². The van der Waals surface area contributed by atoms with Gasteiger partial charge in [0, 0.05) is 38.0 Å². The van der Waals surface area contributed by atoms with Crippen LogP contribution in [0.25, 0.3) is 0 Å². The molecular weight excluding hydrogens is 602 g/mol. The molecule has 0 saturated heterocycles. The summed E-state index contributed by atoms with van der Waals surface area (Å²) in [7, 11) is 4.13. The van der Waals surface area contributed by atoms with E-state index in [2.05, 4.69) is 35.3 Å². The van der Waals surface area contributed by atoms with Crippen molar-refractivity contribution in [3.63, 3.8) is 0 Å². The minimum atomic E-state index is -3.07. The number of hydrogen-bond acceptors (Lipinski definition) is 11. The third-order valence-electron chi connectivity index (χ3n) is 5.08. The zero-order chi connectivity index (χ0) is 33.9. The van der Waals surface area contributed by atoms with Gasteiger partial charge in [-0.25, -0.2) is 0 Å². The van der Waals surface area contributed by atoms with Gasteiger partial charge in [-0.3, -0.25) is 0 Å². The van der Waals surface area contributed by atoms with Crippen LogP contribution in [0.2, 0.25) is 0 Å². The highest BCUT2D eigenvalue weighted by molar-refractivity contribution is 5.28. The Bertz CT molecular complexity index is 1310. The summed E-state index contributed by atoms with van der Waals surface area (Å²) in [4.78, 5) is 0. The lowest BCUT2D eigenvalue weighted by Crippen LogP contribution is -2.20. The molecule has 0 aliphatic carbocycles. The van der Waals surface area contributed by atoms with Crippen molar-refractivity contribution < 1.29 is 50.4 Å². The number of aromatic nitrogens is 6. The molecule has 0 aromatic carbocycles. The SMILES string of the molecule is COc1ccc(C(C)(F)F)nn1.COc1nnc(C(C)(F)F)cc1CO.COc1nnc(C(C)(F)F)cc1COC(C)(C)C. The quantitative estimate of drug-likeness (QED) is 0.294. The van der Waals surface area contributed by atoms with Crippen molar-refractivity contribution in [1.82, 2.24) is 30.6 Å². The summed E-state index contributed by atoms with van der Waals surface area (Å²) in [6.07, 6.45) is 0. The van der Waals surface area contributed by atoms with Crippen LogP contribution in [0.15, 0.2) is 24.3 Å². The molecular formula is C27H36F6N6O5.